The first-order valence-corrected chi connectivity index (χ1v) is 12.8. The van der Waals surface area contributed by atoms with Gasteiger partial charge in [0.15, 0.2) is 5.78 Å². The van der Waals surface area contributed by atoms with Crippen LogP contribution in [0.2, 0.25) is 0 Å². The second kappa shape index (κ2) is 17.8. The number of aliphatic hydroxyl groups is 2. The van der Waals surface area contributed by atoms with E-state index in [1.807, 2.05) is 13.8 Å². The molecule has 1 unspecified atom stereocenters. The lowest BCUT2D eigenvalue weighted by Gasteiger charge is -2.25. The van der Waals surface area contributed by atoms with Gasteiger partial charge in [0.05, 0.1) is 30.7 Å². The van der Waals surface area contributed by atoms with Gasteiger partial charge in [0.25, 0.3) is 0 Å². The molecule has 0 spiro atoms. The summed E-state index contributed by atoms with van der Waals surface area (Å²) >= 11 is 0. The van der Waals surface area contributed by atoms with Crippen LogP contribution in [0.3, 0.4) is 0 Å². The van der Waals surface area contributed by atoms with Gasteiger partial charge in [-0.25, -0.2) is 0 Å². The van der Waals surface area contributed by atoms with Crippen molar-refractivity contribution in [3.05, 3.63) is 0 Å². The predicted octanol–water partition coefficient (Wildman–Crippen LogP) is -2.30. The summed E-state index contributed by atoms with van der Waals surface area (Å²) in [5, 5.41) is 42.8. The Hall–Kier alpha value is -2.65. The second-order valence-corrected chi connectivity index (χ2v) is 9.99. The number of nitrogens with one attached hydrogen (secondary N) is 5. The maximum absolute atomic E-state index is 12.7. The number of amides is 3. The number of rotatable bonds is 20. The molecule has 0 aliphatic carbocycles. The van der Waals surface area contributed by atoms with Crippen LogP contribution < -0.4 is 32.3 Å². The van der Waals surface area contributed by atoms with Gasteiger partial charge in [0.2, 0.25) is 17.7 Å². The molecule has 0 aromatic heterocycles. The van der Waals surface area contributed by atoms with Crippen LogP contribution in [0.4, 0.5) is 0 Å². The largest absolute Gasteiger partial charge is 0.481 e. The molecule has 0 heterocycles. The van der Waals surface area contributed by atoms with E-state index >= 15 is 0 Å². The number of nitrogens with two attached hydrogens (primary N) is 1. The fourth-order valence-electron chi connectivity index (χ4n) is 3.66. The van der Waals surface area contributed by atoms with Crippen molar-refractivity contribution in [3.63, 3.8) is 0 Å². The van der Waals surface area contributed by atoms with Gasteiger partial charge in [-0.2, -0.15) is 0 Å². The minimum absolute atomic E-state index is 0.0575. The molecule has 6 atom stereocenters. The Morgan fingerprint density at radius 1 is 0.816 bits per heavy atom. The lowest BCUT2D eigenvalue weighted by Crippen LogP contribution is -2.56. The molecule has 0 saturated carbocycles. The van der Waals surface area contributed by atoms with Gasteiger partial charge in [-0.3, -0.25) is 29.3 Å². The monoisotopic (exact) mass is 546 g/mol. The molecular weight excluding hydrogens is 500 g/mol. The zero-order valence-corrected chi connectivity index (χ0v) is 23.1. The number of carbonyl (C=O) groups excluding carboxylic acids is 4. The molecule has 38 heavy (non-hydrogen) atoms. The van der Waals surface area contributed by atoms with Crippen LogP contribution in [-0.4, -0.2) is 99.9 Å². The van der Waals surface area contributed by atoms with E-state index in [-0.39, 0.29) is 25.0 Å². The number of carbonyl (C=O) groups is 5. The number of carboxylic acid groups (broad SMARTS) is 1. The zero-order valence-electron chi connectivity index (χ0n) is 23.1. The van der Waals surface area contributed by atoms with E-state index in [2.05, 4.69) is 26.6 Å². The van der Waals surface area contributed by atoms with Crippen LogP contribution in [0.5, 0.6) is 0 Å². The molecule has 0 aromatic carbocycles. The van der Waals surface area contributed by atoms with Gasteiger partial charge in [-0.15, -0.1) is 0 Å². The van der Waals surface area contributed by atoms with E-state index in [9.17, 15) is 34.2 Å². The summed E-state index contributed by atoms with van der Waals surface area (Å²) in [6.07, 6.45) is -2.21. The molecular formula is C24H46N6O8. The number of hydrogen-bond donors (Lipinski definition) is 9. The molecule has 0 bridgehead atoms. The molecule has 220 valence electrons. The van der Waals surface area contributed by atoms with Gasteiger partial charge in [0, 0.05) is 18.5 Å². The van der Waals surface area contributed by atoms with Gasteiger partial charge in [0.1, 0.15) is 12.3 Å². The summed E-state index contributed by atoms with van der Waals surface area (Å²) in [6.45, 7) is 10.1. The molecule has 0 saturated heterocycles. The summed E-state index contributed by atoms with van der Waals surface area (Å²) < 4.78 is 0. The van der Waals surface area contributed by atoms with Crippen molar-refractivity contribution in [2.75, 3.05) is 6.54 Å². The molecule has 3 amide bonds. The first-order chi connectivity index (χ1) is 17.5. The fourth-order valence-corrected chi connectivity index (χ4v) is 3.66. The van der Waals surface area contributed by atoms with Crippen LogP contribution in [0.15, 0.2) is 0 Å². The van der Waals surface area contributed by atoms with E-state index in [1.54, 1.807) is 13.8 Å². The third kappa shape index (κ3) is 14.9. The van der Waals surface area contributed by atoms with Crippen molar-refractivity contribution in [2.24, 2.45) is 5.73 Å². The van der Waals surface area contributed by atoms with Crippen molar-refractivity contribution in [3.8, 4) is 0 Å². The third-order valence-electron chi connectivity index (χ3n) is 5.48. The van der Waals surface area contributed by atoms with E-state index in [0.717, 1.165) is 0 Å². The van der Waals surface area contributed by atoms with Gasteiger partial charge in [-0.1, -0.05) is 27.7 Å². The maximum atomic E-state index is 12.7. The highest BCUT2D eigenvalue weighted by Crippen LogP contribution is 2.05. The number of carboxylic acids is 1. The Kier molecular flexibility index (Phi) is 16.5. The van der Waals surface area contributed by atoms with E-state index in [4.69, 9.17) is 10.8 Å². The second-order valence-electron chi connectivity index (χ2n) is 9.99. The maximum Gasteiger partial charge on any atom is 0.305 e. The molecule has 10 N–H and O–H groups in total. The minimum Gasteiger partial charge on any atom is -0.481 e. The number of hydrogen-bond acceptors (Lipinski definition) is 10. The first kappa shape index (κ1) is 35.4. The Bertz CT molecular complexity index is 792. The van der Waals surface area contributed by atoms with Crippen molar-refractivity contribution in [1.82, 2.24) is 26.6 Å². The molecule has 0 fully saturated rings. The van der Waals surface area contributed by atoms with Gasteiger partial charge < -0.3 is 42.3 Å². The summed E-state index contributed by atoms with van der Waals surface area (Å²) in [6, 6.07) is -4.24. The summed E-state index contributed by atoms with van der Waals surface area (Å²) in [7, 11) is 0. The minimum atomic E-state index is -1.23. The topological polar surface area (TPSA) is 232 Å². The standard InChI is InChI=1S/C24H46N6O8/c1-12(2)27-16(23(37)30-21(15(6)32)22(25)36)8-7-9-26-19(33)10-17(14(5)31)29-24(38)18(11-20(34)35)28-13(3)4/h12-13,15-19,21,26-28,32-33H,7-11H2,1-6H3,(H2,25,36)(H,29,38)(H,30,37)(H,34,35)/t15-,16+,17+,18+,19?,21+/m1/s1. The van der Waals surface area contributed by atoms with E-state index in [1.165, 1.54) is 13.8 Å². The van der Waals surface area contributed by atoms with Crippen molar-refractivity contribution >= 4 is 29.5 Å². The van der Waals surface area contributed by atoms with Crippen molar-refractivity contribution < 1.29 is 39.3 Å². The lowest BCUT2D eigenvalue weighted by atomic mass is 10.1. The number of primary amides is 1. The van der Waals surface area contributed by atoms with Crippen LogP contribution in [0.1, 0.15) is 67.2 Å². The molecule has 14 nitrogen and oxygen atoms in total. The van der Waals surface area contributed by atoms with Crippen LogP contribution >= 0.6 is 0 Å². The molecule has 0 aliphatic rings. The normalized spacial score (nSPS) is 16.3. The molecule has 0 radical (unpaired) electrons. The highest BCUT2D eigenvalue weighted by molar-refractivity contribution is 5.91. The quantitative estimate of drug-likeness (QED) is 0.0582. The Balaban J connectivity index is 4.95. The summed E-state index contributed by atoms with van der Waals surface area (Å²) in [5.41, 5.74) is 5.24. The van der Waals surface area contributed by atoms with Crippen LogP contribution in [0.25, 0.3) is 0 Å². The van der Waals surface area contributed by atoms with Gasteiger partial charge in [-0.05, 0) is 33.2 Å². The molecule has 14 heteroatoms. The van der Waals surface area contributed by atoms with Gasteiger partial charge >= 0.3 is 5.97 Å². The smallest absolute Gasteiger partial charge is 0.305 e. The fraction of sp³-hybridized carbons (Fsp3) is 0.792. The highest BCUT2D eigenvalue weighted by Gasteiger charge is 2.29. The molecule has 0 rings (SSSR count). The molecule has 0 aliphatic heterocycles. The highest BCUT2D eigenvalue weighted by atomic mass is 16.4. The Morgan fingerprint density at radius 2 is 1.34 bits per heavy atom. The SMILES string of the molecule is CC(=O)[C@H](CC(O)NCCC[C@H](NC(C)C)C(=O)N[C@H](C(N)=O)[C@@H](C)O)NC(=O)[C@H](CC(=O)O)NC(C)C. The van der Waals surface area contributed by atoms with Crippen molar-refractivity contribution in [2.45, 2.75) is 116 Å². The number of ketones is 1. The summed E-state index contributed by atoms with van der Waals surface area (Å²) in [4.78, 5) is 59.9. The number of aliphatic carboxylic acids is 1. The van der Waals surface area contributed by atoms with E-state index in [0.29, 0.717) is 12.8 Å². The van der Waals surface area contributed by atoms with E-state index < -0.39 is 72.4 Å². The number of Topliss-reactive ketones (excluding diaryl/α,β-unsaturated/α-hetero) is 1. The summed E-state index contributed by atoms with van der Waals surface area (Å²) in [5.74, 6) is -3.60. The van der Waals surface area contributed by atoms with Crippen LogP contribution in [-0.2, 0) is 24.0 Å². The third-order valence-corrected chi connectivity index (χ3v) is 5.48. The number of aliphatic hydroxyl groups excluding tert-OH is 2. The lowest BCUT2D eigenvalue weighted by molar-refractivity contribution is -0.140. The predicted molar refractivity (Wildman–Crippen MR) is 140 cm³/mol. The Labute approximate surface area is 223 Å². The average molecular weight is 547 g/mol. The Morgan fingerprint density at radius 3 is 1.79 bits per heavy atom. The van der Waals surface area contributed by atoms with Crippen LogP contribution in [0, 0.1) is 0 Å². The van der Waals surface area contributed by atoms with Crippen molar-refractivity contribution in [1.29, 1.82) is 0 Å². The average Bonchev–Trinajstić information content (AvgIpc) is 2.76. The zero-order chi connectivity index (χ0) is 29.6. The first-order valence-electron chi connectivity index (χ1n) is 12.8. The molecule has 0 aromatic rings.